The van der Waals surface area contributed by atoms with Crippen LogP contribution in [0.4, 0.5) is 4.39 Å². The molecule has 1 atom stereocenters. The highest BCUT2D eigenvalue weighted by molar-refractivity contribution is 7.99. The highest BCUT2D eigenvalue weighted by Gasteiger charge is 2.26. The van der Waals surface area contributed by atoms with Crippen LogP contribution >= 0.6 is 46.6 Å². The van der Waals surface area contributed by atoms with Crippen LogP contribution in [-0.4, -0.2) is 35.1 Å². The van der Waals surface area contributed by atoms with Gasteiger partial charge in [-0.25, -0.2) is 4.39 Å². The number of thioether (sulfide) groups is 1. The lowest BCUT2D eigenvalue weighted by atomic mass is 10.1. The summed E-state index contributed by atoms with van der Waals surface area (Å²) in [6, 6.07) is 8.75. The molecule has 0 aromatic heterocycles. The van der Waals surface area contributed by atoms with Crippen molar-refractivity contribution in [3.63, 3.8) is 0 Å². The number of nitrogens with zero attached hydrogens (tertiary/aromatic N) is 1. The fourth-order valence-corrected chi connectivity index (χ4v) is 4.45. The molecule has 2 rings (SSSR count). The van der Waals surface area contributed by atoms with Gasteiger partial charge in [0.1, 0.15) is 11.9 Å². The summed E-state index contributed by atoms with van der Waals surface area (Å²) in [6.07, 6.45) is 0. The Kier molecular flexibility index (Phi) is 9.75. The van der Waals surface area contributed by atoms with Gasteiger partial charge in [-0.2, -0.15) is 0 Å². The second kappa shape index (κ2) is 11.8. The van der Waals surface area contributed by atoms with E-state index in [0.717, 1.165) is 0 Å². The standard InChI is InChI=1S/C21H22Cl3FN2O2S/c1-3-26-21(29)13(2)27(10-14-7-8-15(22)9-18(14)24)20(28)12-30-11-16-17(23)5-4-6-19(16)25/h4-9,13H,3,10-12H2,1-2H3,(H,26,29). The summed E-state index contributed by atoms with van der Waals surface area (Å²) >= 11 is 19.5. The molecule has 0 bridgehead atoms. The molecule has 0 fully saturated rings. The van der Waals surface area contributed by atoms with Crippen molar-refractivity contribution in [1.29, 1.82) is 0 Å². The van der Waals surface area contributed by atoms with E-state index in [1.54, 1.807) is 38.1 Å². The molecule has 30 heavy (non-hydrogen) atoms. The van der Waals surface area contributed by atoms with Crippen molar-refractivity contribution >= 4 is 58.4 Å². The van der Waals surface area contributed by atoms with Crippen LogP contribution in [-0.2, 0) is 21.9 Å². The molecule has 0 spiro atoms. The van der Waals surface area contributed by atoms with Crippen molar-refractivity contribution in [2.75, 3.05) is 12.3 Å². The van der Waals surface area contributed by atoms with Crippen LogP contribution in [0.5, 0.6) is 0 Å². The van der Waals surface area contributed by atoms with Gasteiger partial charge in [0.15, 0.2) is 0 Å². The van der Waals surface area contributed by atoms with Gasteiger partial charge in [0, 0.05) is 39.5 Å². The van der Waals surface area contributed by atoms with E-state index in [1.165, 1.54) is 28.8 Å². The molecule has 2 amide bonds. The monoisotopic (exact) mass is 490 g/mol. The van der Waals surface area contributed by atoms with Crippen LogP contribution in [0.1, 0.15) is 25.0 Å². The molecular formula is C21H22Cl3FN2O2S. The van der Waals surface area contributed by atoms with E-state index in [4.69, 9.17) is 34.8 Å². The highest BCUT2D eigenvalue weighted by atomic mass is 35.5. The zero-order valence-corrected chi connectivity index (χ0v) is 19.6. The Labute approximate surface area is 195 Å². The number of benzene rings is 2. The van der Waals surface area contributed by atoms with Crippen molar-refractivity contribution in [3.05, 3.63) is 68.4 Å². The predicted octanol–water partition coefficient (Wildman–Crippen LogP) is 5.57. The SMILES string of the molecule is CCNC(=O)C(C)N(Cc1ccc(Cl)cc1Cl)C(=O)CSCc1c(F)cccc1Cl. The number of carbonyl (C=O) groups excluding carboxylic acids is 2. The topological polar surface area (TPSA) is 49.4 Å². The van der Waals surface area contributed by atoms with Crippen molar-refractivity contribution in [3.8, 4) is 0 Å². The molecule has 162 valence electrons. The number of nitrogens with one attached hydrogen (secondary N) is 1. The minimum absolute atomic E-state index is 0.0552. The molecule has 0 aliphatic carbocycles. The fraction of sp³-hybridized carbons (Fsp3) is 0.333. The second-order valence-electron chi connectivity index (χ2n) is 6.52. The summed E-state index contributed by atoms with van der Waals surface area (Å²) in [5.41, 5.74) is 1.02. The van der Waals surface area contributed by atoms with Gasteiger partial charge < -0.3 is 10.2 Å². The van der Waals surface area contributed by atoms with E-state index in [1.807, 2.05) is 0 Å². The normalized spacial score (nSPS) is 11.8. The van der Waals surface area contributed by atoms with Gasteiger partial charge in [-0.05, 0) is 43.7 Å². The average Bonchev–Trinajstić information content (AvgIpc) is 2.69. The molecule has 0 aliphatic rings. The fourth-order valence-electron chi connectivity index (χ4n) is 2.73. The van der Waals surface area contributed by atoms with Crippen molar-refractivity contribution in [1.82, 2.24) is 10.2 Å². The van der Waals surface area contributed by atoms with Crippen molar-refractivity contribution in [2.45, 2.75) is 32.2 Å². The van der Waals surface area contributed by atoms with Gasteiger partial charge in [-0.15, -0.1) is 11.8 Å². The number of amides is 2. The molecular weight excluding hydrogens is 470 g/mol. The summed E-state index contributed by atoms with van der Waals surface area (Å²) in [5, 5.41) is 3.93. The third-order valence-corrected chi connectivity index (χ3v) is 6.29. The number of rotatable bonds is 9. The molecule has 2 aromatic rings. The summed E-state index contributed by atoms with van der Waals surface area (Å²) < 4.78 is 13.9. The first-order valence-electron chi connectivity index (χ1n) is 9.26. The number of halogens is 4. The smallest absolute Gasteiger partial charge is 0.242 e. The quantitative estimate of drug-likeness (QED) is 0.499. The highest BCUT2D eigenvalue weighted by Crippen LogP contribution is 2.26. The molecule has 4 nitrogen and oxygen atoms in total. The average molecular weight is 492 g/mol. The summed E-state index contributed by atoms with van der Waals surface area (Å²) in [4.78, 5) is 26.8. The lowest BCUT2D eigenvalue weighted by Crippen LogP contribution is -2.48. The number of hydrogen-bond acceptors (Lipinski definition) is 3. The molecule has 0 saturated carbocycles. The zero-order chi connectivity index (χ0) is 22.3. The third kappa shape index (κ3) is 6.77. The Balaban J connectivity index is 2.14. The van der Waals surface area contributed by atoms with Crippen molar-refractivity contribution < 1.29 is 14.0 Å². The maximum absolute atomic E-state index is 13.9. The summed E-state index contributed by atoms with van der Waals surface area (Å²) in [6.45, 7) is 4.06. The number of hydrogen-bond donors (Lipinski definition) is 1. The largest absolute Gasteiger partial charge is 0.355 e. The summed E-state index contributed by atoms with van der Waals surface area (Å²) in [5.74, 6) is -0.652. The van der Waals surface area contributed by atoms with Gasteiger partial charge in [-0.1, -0.05) is 46.9 Å². The third-order valence-electron chi connectivity index (χ3n) is 4.41. The van der Waals surface area contributed by atoms with E-state index < -0.39 is 11.9 Å². The lowest BCUT2D eigenvalue weighted by Gasteiger charge is -2.29. The molecule has 0 aliphatic heterocycles. The molecule has 0 heterocycles. The minimum atomic E-state index is -0.707. The van der Waals surface area contributed by atoms with Crippen LogP contribution < -0.4 is 5.32 Å². The van der Waals surface area contributed by atoms with Gasteiger partial charge in [-0.3, -0.25) is 9.59 Å². The van der Waals surface area contributed by atoms with Gasteiger partial charge in [0.2, 0.25) is 11.8 Å². The molecule has 1 unspecified atom stereocenters. The molecule has 0 saturated heterocycles. The Hall–Kier alpha value is -1.47. The zero-order valence-electron chi connectivity index (χ0n) is 16.6. The molecule has 1 N–H and O–H groups in total. The summed E-state index contributed by atoms with van der Waals surface area (Å²) in [7, 11) is 0. The first kappa shape index (κ1) is 24.8. The maximum atomic E-state index is 13.9. The van der Waals surface area contributed by atoms with Gasteiger partial charge in [0.25, 0.3) is 0 Å². The Bertz CT molecular complexity index is 894. The van der Waals surface area contributed by atoms with Crippen LogP contribution in [0.2, 0.25) is 15.1 Å². The van der Waals surface area contributed by atoms with Crippen LogP contribution in [0.3, 0.4) is 0 Å². The van der Waals surface area contributed by atoms with Crippen LogP contribution in [0.15, 0.2) is 36.4 Å². The van der Waals surface area contributed by atoms with E-state index in [9.17, 15) is 14.0 Å². The predicted molar refractivity (Wildman–Crippen MR) is 123 cm³/mol. The van der Waals surface area contributed by atoms with E-state index in [-0.39, 0.29) is 29.9 Å². The van der Waals surface area contributed by atoms with E-state index >= 15 is 0 Å². The Morgan fingerprint density at radius 1 is 1.17 bits per heavy atom. The van der Waals surface area contributed by atoms with E-state index in [2.05, 4.69) is 5.32 Å². The molecule has 0 radical (unpaired) electrons. The maximum Gasteiger partial charge on any atom is 0.242 e. The Morgan fingerprint density at radius 3 is 2.53 bits per heavy atom. The van der Waals surface area contributed by atoms with Gasteiger partial charge >= 0.3 is 0 Å². The second-order valence-corrected chi connectivity index (χ2v) is 8.76. The van der Waals surface area contributed by atoms with Crippen LogP contribution in [0.25, 0.3) is 0 Å². The minimum Gasteiger partial charge on any atom is -0.355 e. The first-order valence-corrected chi connectivity index (χ1v) is 11.5. The first-order chi connectivity index (χ1) is 14.2. The number of carbonyl (C=O) groups is 2. The Morgan fingerprint density at radius 2 is 1.90 bits per heavy atom. The van der Waals surface area contributed by atoms with Crippen LogP contribution in [0, 0.1) is 5.82 Å². The van der Waals surface area contributed by atoms with Crippen molar-refractivity contribution in [2.24, 2.45) is 0 Å². The van der Waals surface area contributed by atoms with Gasteiger partial charge in [0.05, 0.1) is 5.75 Å². The van der Waals surface area contributed by atoms with E-state index in [0.29, 0.717) is 32.7 Å². The molecule has 2 aromatic carbocycles. The number of likely N-dealkylation sites (N-methyl/N-ethyl adjacent to an activating group) is 1. The molecule has 9 heteroatoms. The lowest BCUT2D eigenvalue weighted by molar-refractivity contribution is -0.138.